The zero-order chi connectivity index (χ0) is 13.4. The molecule has 2 unspecified atom stereocenters. The molecule has 18 heavy (non-hydrogen) atoms. The van der Waals surface area contributed by atoms with Crippen LogP contribution in [-0.4, -0.2) is 11.5 Å². The molecule has 0 amide bonds. The zero-order valence-electron chi connectivity index (χ0n) is 12.4. The summed E-state index contributed by atoms with van der Waals surface area (Å²) in [7, 11) is 0. The van der Waals surface area contributed by atoms with Gasteiger partial charge in [-0.1, -0.05) is 33.6 Å². The number of pyridine rings is 1. The summed E-state index contributed by atoms with van der Waals surface area (Å²) in [6.07, 6.45) is 8.88. The Hall–Kier alpha value is -0.890. The zero-order valence-corrected chi connectivity index (χ0v) is 12.4. The van der Waals surface area contributed by atoms with Crippen molar-refractivity contribution in [2.75, 3.05) is 6.54 Å². The molecule has 0 aliphatic heterocycles. The minimum absolute atomic E-state index is 0.481. The fourth-order valence-electron chi connectivity index (χ4n) is 2.53. The van der Waals surface area contributed by atoms with Crippen LogP contribution in [0.3, 0.4) is 0 Å². The van der Waals surface area contributed by atoms with Crippen molar-refractivity contribution in [2.45, 2.75) is 59.4 Å². The number of nitrogens with one attached hydrogen (secondary N) is 1. The standard InChI is InChI=1S/C16H28N2/c1-5-7-13(3)11-16(18-9-6-2)15-8-10-17-12-14(15)4/h8,10,12-13,16,18H,5-7,9,11H2,1-4H3. The Morgan fingerprint density at radius 1 is 1.28 bits per heavy atom. The van der Waals surface area contributed by atoms with Gasteiger partial charge in [-0.25, -0.2) is 0 Å². The maximum absolute atomic E-state index is 4.20. The first-order valence-electron chi connectivity index (χ1n) is 7.32. The van der Waals surface area contributed by atoms with Crippen LogP contribution in [0.2, 0.25) is 0 Å². The van der Waals surface area contributed by atoms with E-state index in [0.29, 0.717) is 6.04 Å². The van der Waals surface area contributed by atoms with E-state index in [1.807, 2.05) is 12.4 Å². The van der Waals surface area contributed by atoms with Crippen molar-refractivity contribution < 1.29 is 0 Å². The lowest BCUT2D eigenvalue weighted by atomic mass is 9.91. The molecule has 0 radical (unpaired) electrons. The van der Waals surface area contributed by atoms with Crippen LogP contribution >= 0.6 is 0 Å². The van der Waals surface area contributed by atoms with Crippen molar-refractivity contribution in [1.29, 1.82) is 0 Å². The van der Waals surface area contributed by atoms with Gasteiger partial charge in [0.25, 0.3) is 0 Å². The molecule has 0 aliphatic rings. The topological polar surface area (TPSA) is 24.9 Å². The van der Waals surface area contributed by atoms with Crippen molar-refractivity contribution in [3.05, 3.63) is 29.6 Å². The van der Waals surface area contributed by atoms with Gasteiger partial charge in [0.05, 0.1) is 0 Å². The van der Waals surface area contributed by atoms with Crippen molar-refractivity contribution in [3.63, 3.8) is 0 Å². The quantitative estimate of drug-likeness (QED) is 0.743. The highest BCUT2D eigenvalue weighted by atomic mass is 14.9. The van der Waals surface area contributed by atoms with Crippen LogP contribution in [0.15, 0.2) is 18.5 Å². The van der Waals surface area contributed by atoms with Crippen LogP contribution < -0.4 is 5.32 Å². The third-order valence-corrected chi connectivity index (χ3v) is 3.50. The molecule has 1 N–H and O–H groups in total. The number of nitrogens with zero attached hydrogens (tertiary/aromatic N) is 1. The molecule has 1 aromatic rings. The Balaban J connectivity index is 2.74. The molecular formula is C16H28N2. The molecule has 0 bridgehead atoms. The van der Waals surface area contributed by atoms with E-state index < -0.39 is 0 Å². The van der Waals surface area contributed by atoms with Gasteiger partial charge in [-0.15, -0.1) is 0 Å². The molecule has 0 fully saturated rings. The van der Waals surface area contributed by atoms with Crippen molar-refractivity contribution in [3.8, 4) is 0 Å². The van der Waals surface area contributed by atoms with Crippen LogP contribution in [0.1, 0.15) is 63.6 Å². The summed E-state index contributed by atoms with van der Waals surface area (Å²) in [5, 5.41) is 3.69. The minimum atomic E-state index is 0.481. The molecule has 2 heteroatoms. The van der Waals surface area contributed by atoms with E-state index in [-0.39, 0.29) is 0 Å². The summed E-state index contributed by atoms with van der Waals surface area (Å²) in [4.78, 5) is 4.20. The molecule has 0 saturated carbocycles. The third-order valence-electron chi connectivity index (χ3n) is 3.50. The van der Waals surface area contributed by atoms with Crippen molar-refractivity contribution >= 4 is 0 Å². The summed E-state index contributed by atoms with van der Waals surface area (Å²) in [6, 6.07) is 2.65. The van der Waals surface area contributed by atoms with E-state index in [4.69, 9.17) is 0 Å². The fraction of sp³-hybridized carbons (Fsp3) is 0.688. The molecule has 0 spiro atoms. The number of hydrogen-bond acceptors (Lipinski definition) is 2. The van der Waals surface area contributed by atoms with Gasteiger partial charge in [0, 0.05) is 18.4 Å². The monoisotopic (exact) mass is 248 g/mol. The Bertz CT molecular complexity index is 336. The Kier molecular flexibility index (Phi) is 6.96. The highest BCUT2D eigenvalue weighted by Crippen LogP contribution is 2.25. The third kappa shape index (κ3) is 4.77. The smallest absolute Gasteiger partial charge is 0.0326 e. The van der Waals surface area contributed by atoms with E-state index in [9.17, 15) is 0 Å². The lowest BCUT2D eigenvalue weighted by molar-refractivity contribution is 0.389. The lowest BCUT2D eigenvalue weighted by Gasteiger charge is -2.24. The molecule has 2 atom stereocenters. The molecular weight excluding hydrogens is 220 g/mol. The highest BCUT2D eigenvalue weighted by molar-refractivity contribution is 5.25. The van der Waals surface area contributed by atoms with Gasteiger partial charge in [0.15, 0.2) is 0 Å². The predicted octanol–water partition coefficient (Wildman–Crippen LogP) is 4.26. The number of aryl methyl sites for hydroxylation is 1. The Labute approximate surface area is 112 Å². The molecule has 2 nitrogen and oxygen atoms in total. The van der Waals surface area contributed by atoms with E-state index in [0.717, 1.165) is 12.5 Å². The van der Waals surface area contributed by atoms with Crippen LogP contribution in [0.25, 0.3) is 0 Å². The molecule has 1 heterocycles. The molecule has 1 aromatic heterocycles. The van der Waals surface area contributed by atoms with Crippen LogP contribution in [0, 0.1) is 12.8 Å². The number of aromatic nitrogens is 1. The average Bonchev–Trinajstić information content (AvgIpc) is 2.35. The Morgan fingerprint density at radius 3 is 2.67 bits per heavy atom. The van der Waals surface area contributed by atoms with Crippen LogP contribution in [0.4, 0.5) is 0 Å². The normalized spacial score (nSPS) is 14.4. The van der Waals surface area contributed by atoms with Gasteiger partial charge < -0.3 is 5.32 Å². The maximum atomic E-state index is 4.20. The second-order valence-corrected chi connectivity index (χ2v) is 5.37. The second-order valence-electron chi connectivity index (χ2n) is 5.37. The summed E-state index contributed by atoms with van der Waals surface area (Å²) in [6.45, 7) is 10.1. The second kappa shape index (κ2) is 8.25. The number of rotatable bonds is 8. The van der Waals surface area contributed by atoms with E-state index in [2.05, 4.69) is 44.1 Å². The predicted molar refractivity (Wildman–Crippen MR) is 78.7 cm³/mol. The van der Waals surface area contributed by atoms with Gasteiger partial charge in [0.2, 0.25) is 0 Å². The van der Waals surface area contributed by atoms with Gasteiger partial charge in [-0.05, 0) is 49.4 Å². The first kappa shape index (κ1) is 15.2. The summed E-state index contributed by atoms with van der Waals surface area (Å²) in [5.41, 5.74) is 2.72. The molecule has 1 rings (SSSR count). The van der Waals surface area contributed by atoms with E-state index in [1.54, 1.807) is 0 Å². The molecule has 0 aromatic carbocycles. The fourth-order valence-corrected chi connectivity index (χ4v) is 2.53. The average molecular weight is 248 g/mol. The van der Waals surface area contributed by atoms with Gasteiger partial charge in [-0.3, -0.25) is 4.98 Å². The summed E-state index contributed by atoms with van der Waals surface area (Å²) >= 11 is 0. The molecule has 0 aliphatic carbocycles. The first-order chi connectivity index (χ1) is 8.69. The van der Waals surface area contributed by atoms with E-state index in [1.165, 1.54) is 36.8 Å². The summed E-state index contributed by atoms with van der Waals surface area (Å²) in [5.74, 6) is 0.775. The first-order valence-corrected chi connectivity index (χ1v) is 7.32. The minimum Gasteiger partial charge on any atom is -0.310 e. The van der Waals surface area contributed by atoms with Crippen molar-refractivity contribution in [2.24, 2.45) is 5.92 Å². The van der Waals surface area contributed by atoms with Crippen LogP contribution in [-0.2, 0) is 0 Å². The van der Waals surface area contributed by atoms with Gasteiger partial charge in [0.1, 0.15) is 0 Å². The van der Waals surface area contributed by atoms with Gasteiger partial charge in [-0.2, -0.15) is 0 Å². The highest BCUT2D eigenvalue weighted by Gasteiger charge is 2.16. The van der Waals surface area contributed by atoms with Gasteiger partial charge >= 0.3 is 0 Å². The Morgan fingerprint density at radius 2 is 2.06 bits per heavy atom. The van der Waals surface area contributed by atoms with E-state index >= 15 is 0 Å². The summed E-state index contributed by atoms with van der Waals surface area (Å²) < 4.78 is 0. The molecule has 102 valence electrons. The molecule has 0 saturated heterocycles. The maximum Gasteiger partial charge on any atom is 0.0326 e. The number of hydrogen-bond donors (Lipinski definition) is 1. The van der Waals surface area contributed by atoms with Crippen LogP contribution in [0.5, 0.6) is 0 Å². The van der Waals surface area contributed by atoms with Crippen molar-refractivity contribution in [1.82, 2.24) is 10.3 Å². The SMILES string of the molecule is CCCNC(CC(C)CCC)c1ccncc1C. The largest absolute Gasteiger partial charge is 0.310 e. The lowest BCUT2D eigenvalue weighted by Crippen LogP contribution is -2.24.